The Kier molecular flexibility index (Phi) is 10.8. The molecule has 0 aliphatic carbocycles. The van der Waals surface area contributed by atoms with Gasteiger partial charge in [0, 0.05) is 26.1 Å². The van der Waals surface area contributed by atoms with Crippen LogP contribution < -0.4 is 0 Å². The van der Waals surface area contributed by atoms with E-state index in [0.717, 1.165) is 37.2 Å². The number of hydrogen-bond acceptors (Lipinski definition) is 4. The standard InChI is InChI=1S/C21H36N2O4/c1-6-7-8-9-10-20(24)23(17(2)3)16-21(25)22(13-14-26-5)15-19-12-11-18(4)27-19/h11-12,17H,6-10,13-16H2,1-5H3. The van der Waals surface area contributed by atoms with E-state index in [4.69, 9.17) is 9.15 Å². The van der Waals surface area contributed by atoms with Crippen molar-refractivity contribution in [1.29, 1.82) is 0 Å². The molecule has 0 atom stereocenters. The molecule has 0 spiro atoms. The van der Waals surface area contributed by atoms with Crippen LogP contribution in [0.3, 0.4) is 0 Å². The average Bonchev–Trinajstić information content (AvgIpc) is 3.04. The summed E-state index contributed by atoms with van der Waals surface area (Å²) in [6.45, 7) is 9.31. The molecule has 1 aromatic rings. The SMILES string of the molecule is CCCCCCC(=O)N(CC(=O)N(CCOC)Cc1ccc(C)o1)C(C)C. The van der Waals surface area contributed by atoms with Crippen molar-refractivity contribution in [2.45, 2.75) is 72.4 Å². The van der Waals surface area contributed by atoms with Crippen LogP contribution in [0.5, 0.6) is 0 Å². The maximum absolute atomic E-state index is 12.9. The van der Waals surface area contributed by atoms with Crippen LogP contribution in [0.1, 0.15) is 64.4 Å². The molecule has 6 heteroatoms. The fraction of sp³-hybridized carbons (Fsp3) is 0.714. The van der Waals surface area contributed by atoms with Gasteiger partial charge >= 0.3 is 0 Å². The van der Waals surface area contributed by atoms with E-state index in [1.807, 2.05) is 32.9 Å². The summed E-state index contributed by atoms with van der Waals surface area (Å²) < 4.78 is 10.7. The van der Waals surface area contributed by atoms with Gasteiger partial charge < -0.3 is 19.0 Å². The number of carbonyl (C=O) groups is 2. The van der Waals surface area contributed by atoms with Crippen LogP contribution in [-0.2, 0) is 20.9 Å². The first-order valence-electron chi connectivity index (χ1n) is 10.0. The van der Waals surface area contributed by atoms with Crippen molar-refractivity contribution >= 4 is 11.8 Å². The van der Waals surface area contributed by atoms with Crippen molar-refractivity contribution in [3.8, 4) is 0 Å². The van der Waals surface area contributed by atoms with E-state index in [2.05, 4.69) is 6.92 Å². The van der Waals surface area contributed by atoms with Gasteiger partial charge in [-0.2, -0.15) is 0 Å². The minimum Gasteiger partial charge on any atom is -0.464 e. The second kappa shape index (κ2) is 12.5. The highest BCUT2D eigenvalue weighted by Crippen LogP contribution is 2.12. The van der Waals surface area contributed by atoms with Crippen molar-refractivity contribution < 1.29 is 18.7 Å². The van der Waals surface area contributed by atoms with Gasteiger partial charge in [-0.05, 0) is 39.3 Å². The van der Waals surface area contributed by atoms with Gasteiger partial charge in [-0.25, -0.2) is 0 Å². The topological polar surface area (TPSA) is 63.0 Å². The largest absolute Gasteiger partial charge is 0.464 e. The Morgan fingerprint density at radius 3 is 2.44 bits per heavy atom. The molecule has 0 saturated heterocycles. The van der Waals surface area contributed by atoms with Gasteiger partial charge in [0.15, 0.2) is 0 Å². The predicted molar refractivity (Wildman–Crippen MR) is 106 cm³/mol. The lowest BCUT2D eigenvalue weighted by Gasteiger charge is -2.30. The van der Waals surface area contributed by atoms with Crippen molar-refractivity contribution in [1.82, 2.24) is 9.80 Å². The average molecular weight is 381 g/mol. The Morgan fingerprint density at radius 1 is 1.15 bits per heavy atom. The Balaban J connectivity index is 2.71. The van der Waals surface area contributed by atoms with Gasteiger partial charge in [0.25, 0.3) is 0 Å². The van der Waals surface area contributed by atoms with Gasteiger partial charge in [-0.15, -0.1) is 0 Å². The third-order valence-corrected chi connectivity index (χ3v) is 4.55. The van der Waals surface area contributed by atoms with Crippen LogP contribution in [0, 0.1) is 6.92 Å². The number of carbonyl (C=O) groups excluding carboxylic acids is 2. The zero-order valence-electron chi connectivity index (χ0n) is 17.6. The Morgan fingerprint density at radius 2 is 1.89 bits per heavy atom. The first-order chi connectivity index (χ1) is 12.9. The molecule has 1 heterocycles. The molecular weight excluding hydrogens is 344 g/mol. The van der Waals surface area contributed by atoms with Crippen LogP contribution in [-0.4, -0.2) is 54.5 Å². The number of rotatable bonds is 13. The van der Waals surface area contributed by atoms with E-state index in [-0.39, 0.29) is 24.4 Å². The monoisotopic (exact) mass is 380 g/mol. The quantitative estimate of drug-likeness (QED) is 0.489. The third kappa shape index (κ3) is 8.61. The molecule has 0 bridgehead atoms. The smallest absolute Gasteiger partial charge is 0.242 e. The molecule has 27 heavy (non-hydrogen) atoms. The highest BCUT2D eigenvalue weighted by atomic mass is 16.5. The molecule has 0 aliphatic rings. The minimum absolute atomic E-state index is 0.0113. The maximum Gasteiger partial charge on any atom is 0.242 e. The van der Waals surface area contributed by atoms with Crippen molar-refractivity contribution in [2.24, 2.45) is 0 Å². The molecule has 0 unspecified atom stereocenters. The molecule has 2 amide bonds. The fourth-order valence-corrected chi connectivity index (χ4v) is 2.90. The highest BCUT2D eigenvalue weighted by Gasteiger charge is 2.23. The third-order valence-electron chi connectivity index (χ3n) is 4.55. The Bertz CT molecular complexity index is 568. The van der Waals surface area contributed by atoms with Crippen molar-refractivity contribution in [2.75, 3.05) is 26.8 Å². The lowest BCUT2D eigenvalue weighted by molar-refractivity contribution is -0.142. The number of furan rings is 1. The summed E-state index contributed by atoms with van der Waals surface area (Å²) in [5, 5.41) is 0. The van der Waals surface area contributed by atoms with Crippen molar-refractivity contribution in [3.05, 3.63) is 23.7 Å². The second-order valence-corrected chi connectivity index (χ2v) is 7.25. The summed E-state index contributed by atoms with van der Waals surface area (Å²) in [6, 6.07) is 3.75. The summed E-state index contributed by atoms with van der Waals surface area (Å²) in [6.07, 6.45) is 4.71. The molecule has 6 nitrogen and oxygen atoms in total. The van der Waals surface area contributed by atoms with Gasteiger partial charge in [0.1, 0.15) is 11.5 Å². The van der Waals surface area contributed by atoms with E-state index in [0.29, 0.717) is 26.1 Å². The molecular formula is C21H36N2O4. The lowest BCUT2D eigenvalue weighted by Crippen LogP contribution is -2.46. The molecule has 0 radical (unpaired) electrons. The molecule has 0 saturated carbocycles. The zero-order chi connectivity index (χ0) is 20.2. The normalized spacial score (nSPS) is 11.0. The lowest BCUT2D eigenvalue weighted by atomic mass is 10.1. The second-order valence-electron chi connectivity index (χ2n) is 7.25. The summed E-state index contributed by atoms with van der Waals surface area (Å²) >= 11 is 0. The first-order valence-corrected chi connectivity index (χ1v) is 10.0. The van der Waals surface area contributed by atoms with Crippen LogP contribution in [0.4, 0.5) is 0 Å². The van der Waals surface area contributed by atoms with E-state index < -0.39 is 0 Å². The zero-order valence-corrected chi connectivity index (χ0v) is 17.6. The molecule has 1 rings (SSSR count). The molecule has 0 N–H and O–H groups in total. The number of methoxy groups -OCH3 is 1. The van der Waals surface area contributed by atoms with Crippen LogP contribution in [0.2, 0.25) is 0 Å². The Labute approximate surface area is 163 Å². The van der Waals surface area contributed by atoms with Crippen LogP contribution in [0.25, 0.3) is 0 Å². The highest BCUT2D eigenvalue weighted by molar-refractivity contribution is 5.85. The molecule has 154 valence electrons. The fourth-order valence-electron chi connectivity index (χ4n) is 2.90. The first kappa shape index (κ1) is 23.2. The van der Waals surface area contributed by atoms with Crippen LogP contribution >= 0.6 is 0 Å². The number of aryl methyl sites for hydroxylation is 1. The van der Waals surface area contributed by atoms with E-state index in [9.17, 15) is 9.59 Å². The summed E-state index contributed by atoms with van der Waals surface area (Å²) in [4.78, 5) is 28.9. The maximum atomic E-state index is 12.9. The van der Waals surface area contributed by atoms with E-state index >= 15 is 0 Å². The molecule has 1 aromatic heterocycles. The number of unbranched alkanes of at least 4 members (excludes halogenated alkanes) is 3. The van der Waals surface area contributed by atoms with Gasteiger partial charge in [-0.1, -0.05) is 26.2 Å². The Hall–Kier alpha value is -1.82. The van der Waals surface area contributed by atoms with Crippen molar-refractivity contribution in [3.63, 3.8) is 0 Å². The number of hydrogen-bond donors (Lipinski definition) is 0. The molecule has 0 fully saturated rings. The van der Waals surface area contributed by atoms with Gasteiger partial charge in [0.2, 0.25) is 11.8 Å². The minimum atomic E-state index is -0.0864. The predicted octanol–water partition coefficient (Wildman–Crippen LogP) is 3.77. The number of ether oxygens (including phenoxy) is 1. The molecule has 0 aromatic carbocycles. The number of amides is 2. The van der Waals surface area contributed by atoms with Gasteiger partial charge in [0.05, 0.1) is 19.7 Å². The molecule has 0 aliphatic heterocycles. The summed E-state index contributed by atoms with van der Waals surface area (Å²) in [5.74, 6) is 1.51. The van der Waals surface area contributed by atoms with E-state index in [1.54, 1.807) is 16.9 Å². The summed E-state index contributed by atoms with van der Waals surface area (Å²) in [7, 11) is 1.61. The summed E-state index contributed by atoms with van der Waals surface area (Å²) in [5.41, 5.74) is 0. The van der Waals surface area contributed by atoms with Gasteiger partial charge in [-0.3, -0.25) is 9.59 Å². The van der Waals surface area contributed by atoms with Crippen LogP contribution in [0.15, 0.2) is 16.5 Å². The number of nitrogens with zero attached hydrogens (tertiary/aromatic N) is 2. The van der Waals surface area contributed by atoms with E-state index in [1.165, 1.54) is 0 Å².